The van der Waals surface area contributed by atoms with E-state index in [9.17, 15) is 8.42 Å². The lowest BCUT2D eigenvalue weighted by Gasteiger charge is -2.34. The monoisotopic (exact) mass is 391 g/mol. The van der Waals surface area contributed by atoms with Crippen LogP contribution in [0.25, 0.3) is 0 Å². The van der Waals surface area contributed by atoms with E-state index in [-0.39, 0.29) is 5.75 Å². The van der Waals surface area contributed by atoms with Crippen LogP contribution in [-0.4, -0.2) is 61.6 Å². The smallest absolute Gasteiger partial charge is 0.213 e. The van der Waals surface area contributed by atoms with Gasteiger partial charge >= 0.3 is 0 Å². The van der Waals surface area contributed by atoms with Crippen molar-refractivity contribution in [2.45, 2.75) is 51.2 Å². The molecule has 1 aliphatic carbocycles. The van der Waals surface area contributed by atoms with Crippen LogP contribution in [0.4, 0.5) is 0 Å². The normalized spacial score (nSPS) is 30.6. The van der Waals surface area contributed by atoms with Crippen LogP contribution in [-0.2, 0) is 16.6 Å². The van der Waals surface area contributed by atoms with Crippen LogP contribution < -0.4 is 5.32 Å². The molecule has 6 heteroatoms. The Labute approximate surface area is 164 Å². The second-order valence-corrected chi connectivity index (χ2v) is 10.8. The highest BCUT2D eigenvalue weighted by Crippen LogP contribution is 2.39. The fourth-order valence-electron chi connectivity index (χ4n) is 5.32. The van der Waals surface area contributed by atoms with Crippen molar-refractivity contribution in [2.75, 3.05) is 31.9 Å². The van der Waals surface area contributed by atoms with E-state index in [4.69, 9.17) is 0 Å². The van der Waals surface area contributed by atoms with Crippen LogP contribution in [0.1, 0.15) is 38.2 Å². The number of likely N-dealkylation sites (tertiary alicyclic amines) is 1. The summed E-state index contributed by atoms with van der Waals surface area (Å²) in [4.78, 5) is 2.62. The van der Waals surface area contributed by atoms with E-state index in [0.717, 1.165) is 31.2 Å². The van der Waals surface area contributed by atoms with E-state index >= 15 is 0 Å². The predicted molar refractivity (Wildman–Crippen MR) is 109 cm³/mol. The maximum absolute atomic E-state index is 12.0. The summed E-state index contributed by atoms with van der Waals surface area (Å²) in [6.07, 6.45) is 4.50. The number of fused-ring (bicyclic) bond motifs is 1. The molecule has 1 saturated carbocycles. The Morgan fingerprint density at radius 2 is 1.78 bits per heavy atom. The Kier molecular flexibility index (Phi) is 5.88. The lowest BCUT2D eigenvalue weighted by Crippen LogP contribution is -2.49. The van der Waals surface area contributed by atoms with E-state index in [0.29, 0.717) is 25.2 Å². The Morgan fingerprint density at radius 3 is 2.48 bits per heavy atom. The second-order valence-electron chi connectivity index (χ2n) is 8.53. The first-order valence-corrected chi connectivity index (χ1v) is 12.2. The summed E-state index contributed by atoms with van der Waals surface area (Å²) in [5.74, 6) is 1.80. The van der Waals surface area contributed by atoms with Crippen LogP contribution in [0, 0.1) is 11.8 Å². The SMILES string of the molecule is CCS(=O)(=O)N1CCC(N[C@@H]2CC[C@H]3CN(Cc4ccccc4)C[C@@H]32)CC1. The third kappa shape index (κ3) is 4.39. The van der Waals surface area contributed by atoms with Gasteiger partial charge in [-0.2, -0.15) is 0 Å². The largest absolute Gasteiger partial charge is 0.311 e. The molecule has 1 aromatic rings. The number of sulfonamides is 1. The summed E-state index contributed by atoms with van der Waals surface area (Å²) in [6.45, 7) is 6.57. The molecular weight excluding hydrogens is 358 g/mol. The number of rotatable bonds is 6. The van der Waals surface area contributed by atoms with Gasteiger partial charge < -0.3 is 5.32 Å². The zero-order valence-electron chi connectivity index (χ0n) is 16.4. The predicted octanol–water partition coefficient (Wildman–Crippen LogP) is 2.30. The molecule has 5 nitrogen and oxygen atoms in total. The molecule has 0 spiro atoms. The second kappa shape index (κ2) is 8.19. The summed E-state index contributed by atoms with van der Waals surface area (Å²) in [5.41, 5.74) is 1.41. The zero-order chi connectivity index (χ0) is 18.9. The summed E-state index contributed by atoms with van der Waals surface area (Å²) in [5, 5.41) is 3.92. The molecule has 1 N–H and O–H groups in total. The van der Waals surface area contributed by atoms with Crippen molar-refractivity contribution < 1.29 is 8.42 Å². The third-order valence-corrected chi connectivity index (χ3v) is 8.72. The molecule has 0 radical (unpaired) electrons. The van der Waals surface area contributed by atoms with Gasteiger partial charge in [0.05, 0.1) is 5.75 Å². The Hall–Kier alpha value is -0.950. The molecule has 27 heavy (non-hydrogen) atoms. The van der Waals surface area contributed by atoms with Crippen molar-refractivity contribution in [3.63, 3.8) is 0 Å². The minimum atomic E-state index is -3.02. The lowest BCUT2D eigenvalue weighted by atomic mass is 9.96. The van der Waals surface area contributed by atoms with Crippen molar-refractivity contribution in [1.29, 1.82) is 0 Å². The molecule has 150 valence electrons. The fraction of sp³-hybridized carbons (Fsp3) is 0.714. The van der Waals surface area contributed by atoms with Gasteiger partial charge in [-0.3, -0.25) is 4.90 Å². The number of nitrogens with zero attached hydrogens (tertiary/aromatic N) is 2. The molecule has 2 heterocycles. The molecule has 3 fully saturated rings. The third-order valence-electron chi connectivity index (χ3n) is 6.84. The van der Waals surface area contributed by atoms with Crippen molar-refractivity contribution in [3.8, 4) is 0 Å². The molecule has 0 bridgehead atoms. The van der Waals surface area contributed by atoms with Crippen LogP contribution in [0.15, 0.2) is 30.3 Å². The van der Waals surface area contributed by atoms with E-state index in [2.05, 4.69) is 40.5 Å². The van der Waals surface area contributed by atoms with E-state index in [1.807, 2.05) is 0 Å². The molecule has 1 aromatic carbocycles. The Balaban J connectivity index is 1.28. The lowest BCUT2D eigenvalue weighted by molar-refractivity contribution is 0.243. The van der Waals surface area contributed by atoms with Crippen molar-refractivity contribution in [3.05, 3.63) is 35.9 Å². The van der Waals surface area contributed by atoms with Crippen molar-refractivity contribution >= 4 is 10.0 Å². The van der Waals surface area contributed by atoms with Crippen molar-refractivity contribution in [2.24, 2.45) is 11.8 Å². The van der Waals surface area contributed by atoms with E-state index in [1.54, 1.807) is 11.2 Å². The molecule has 3 atom stereocenters. The molecule has 0 amide bonds. The number of piperidine rings is 1. The minimum absolute atomic E-state index is 0.217. The molecule has 2 aliphatic heterocycles. The Bertz CT molecular complexity index is 716. The summed E-state index contributed by atoms with van der Waals surface area (Å²) in [7, 11) is -3.02. The molecule has 0 aromatic heterocycles. The topological polar surface area (TPSA) is 52.7 Å². The molecule has 2 saturated heterocycles. The highest BCUT2D eigenvalue weighted by molar-refractivity contribution is 7.89. The highest BCUT2D eigenvalue weighted by atomic mass is 32.2. The van der Waals surface area contributed by atoms with Gasteiger partial charge in [0.25, 0.3) is 0 Å². The first kappa shape index (κ1) is 19.4. The van der Waals surface area contributed by atoms with Crippen LogP contribution in [0.5, 0.6) is 0 Å². The van der Waals surface area contributed by atoms with Gasteiger partial charge in [-0.15, -0.1) is 0 Å². The van der Waals surface area contributed by atoms with Gasteiger partial charge in [0, 0.05) is 44.8 Å². The van der Waals surface area contributed by atoms with Gasteiger partial charge in [0.2, 0.25) is 10.0 Å². The van der Waals surface area contributed by atoms with Crippen molar-refractivity contribution in [1.82, 2.24) is 14.5 Å². The zero-order valence-corrected chi connectivity index (χ0v) is 17.2. The molecular formula is C21H33N3O2S. The van der Waals surface area contributed by atoms with Crippen LogP contribution in [0.2, 0.25) is 0 Å². The Morgan fingerprint density at radius 1 is 1.04 bits per heavy atom. The first-order valence-electron chi connectivity index (χ1n) is 10.6. The fourth-order valence-corrected chi connectivity index (χ4v) is 6.45. The maximum atomic E-state index is 12.0. The van der Waals surface area contributed by atoms with Gasteiger partial charge in [-0.1, -0.05) is 30.3 Å². The average molecular weight is 392 g/mol. The quantitative estimate of drug-likeness (QED) is 0.808. The summed E-state index contributed by atoms with van der Waals surface area (Å²) >= 11 is 0. The molecule has 4 rings (SSSR count). The van der Waals surface area contributed by atoms with Crippen LogP contribution >= 0.6 is 0 Å². The van der Waals surface area contributed by atoms with E-state index in [1.165, 1.54) is 31.5 Å². The molecule has 3 aliphatic rings. The number of benzene rings is 1. The van der Waals surface area contributed by atoms with Gasteiger partial charge in [-0.25, -0.2) is 12.7 Å². The van der Waals surface area contributed by atoms with Gasteiger partial charge in [0.15, 0.2) is 0 Å². The highest BCUT2D eigenvalue weighted by Gasteiger charge is 2.43. The maximum Gasteiger partial charge on any atom is 0.213 e. The summed E-state index contributed by atoms with van der Waals surface area (Å²) in [6, 6.07) is 11.9. The van der Waals surface area contributed by atoms with Gasteiger partial charge in [0.1, 0.15) is 0 Å². The number of hydrogen-bond donors (Lipinski definition) is 1. The first-order chi connectivity index (χ1) is 13.0. The molecule has 0 unspecified atom stereocenters. The van der Waals surface area contributed by atoms with Crippen LogP contribution in [0.3, 0.4) is 0 Å². The standard InChI is InChI=1S/C21H33N3O2S/c1-2-27(25,26)24-12-10-19(11-13-24)22-21-9-8-18-15-23(16-20(18)21)14-17-6-4-3-5-7-17/h3-7,18-22H,2,8-16H2,1H3/t18-,20-,21+/m0/s1. The van der Waals surface area contributed by atoms with Gasteiger partial charge in [-0.05, 0) is 50.0 Å². The van der Waals surface area contributed by atoms with E-state index < -0.39 is 10.0 Å². The summed E-state index contributed by atoms with van der Waals surface area (Å²) < 4.78 is 25.8. The number of hydrogen-bond acceptors (Lipinski definition) is 4. The number of nitrogens with one attached hydrogen (secondary N) is 1. The average Bonchev–Trinajstić information content (AvgIpc) is 3.24. The minimum Gasteiger partial charge on any atom is -0.311 e.